The van der Waals surface area contributed by atoms with Crippen molar-refractivity contribution in [3.63, 3.8) is 0 Å². The topological polar surface area (TPSA) is 61.2 Å². The van der Waals surface area contributed by atoms with Gasteiger partial charge >= 0.3 is 12.1 Å². The van der Waals surface area contributed by atoms with Crippen LogP contribution in [0.4, 0.5) is 13.2 Å². The normalized spacial score (nSPS) is 11.5. The third-order valence-corrected chi connectivity index (χ3v) is 4.07. The van der Waals surface area contributed by atoms with Gasteiger partial charge in [0, 0.05) is 17.0 Å². The number of hydrogen-bond donors (Lipinski definition) is 0. The molecule has 0 aliphatic heterocycles. The van der Waals surface area contributed by atoms with Crippen molar-refractivity contribution in [1.29, 1.82) is 0 Å². The van der Waals surface area contributed by atoms with Gasteiger partial charge in [-0.05, 0) is 32.0 Å². The molecule has 2 rings (SSSR count). The summed E-state index contributed by atoms with van der Waals surface area (Å²) >= 11 is 11.5. The quantitative estimate of drug-likeness (QED) is 0.417. The lowest BCUT2D eigenvalue weighted by Gasteiger charge is -2.12. The Balaban J connectivity index is 2.12. The highest BCUT2D eigenvalue weighted by atomic mass is 35.5. The van der Waals surface area contributed by atoms with Crippen LogP contribution >= 0.6 is 23.2 Å². The lowest BCUT2D eigenvalue weighted by Crippen LogP contribution is -2.20. The average Bonchev–Trinajstić information content (AvgIpc) is 2.81. The Labute approximate surface area is 156 Å². The standard InChI is InChI=1S/C16H13Cl2F3N2O3/c1-8-5-10(9(2)23(8)7-16(19,20)21)12(24)6-26-15(25)14-11(17)3-4-13(18)22-14/h3-5H,6-7H2,1-2H3. The van der Waals surface area contributed by atoms with Crippen LogP contribution in [0.25, 0.3) is 0 Å². The minimum atomic E-state index is -4.42. The van der Waals surface area contributed by atoms with Gasteiger partial charge in [-0.3, -0.25) is 4.79 Å². The summed E-state index contributed by atoms with van der Waals surface area (Å²) in [6, 6.07) is 4.04. The van der Waals surface area contributed by atoms with Gasteiger partial charge in [0.25, 0.3) is 0 Å². The van der Waals surface area contributed by atoms with Crippen molar-refractivity contribution in [2.24, 2.45) is 0 Å². The van der Waals surface area contributed by atoms with Gasteiger partial charge in [-0.25, -0.2) is 9.78 Å². The van der Waals surface area contributed by atoms with E-state index < -0.39 is 31.1 Å². The zero-order valence-corrected chi connectivity index (χ0v) is 15.2. The molecule has 0 fully saturated rings. The number of ether oxygens (including phenoxy) is 1. The van der Waals surface area contributed by atoms with E-state index in [1.807, 2.05) is 0 Å². The Morgan fingerprint density at radius 3 is 2.50 bits per heavy atom. The van der Waals surface area contributed by atoms with Crippen LogP contribution in [0.3, 0.4) is 0 Å². The summed E-state index contributed by atoms with van der Waals surface area (Å²) in [5.74, 6) is -1.60. The SMILES string of the molecule is Cc1cc(C(=O)COC(=O)c2nc(Cl)ccc2Cl)c(C)n1CC(F)(F)F. The second-order valence-corrected chi connectivity index (χ2v) is 6.24. The molecular weight excluding hydrogens is 396 g/mol. The van der Waals surface area contributed by atoms with E-state index in [0.717, 1.165) is 4.57 Å². The number of aromatic nitrogens is 2. The van der Waals surface area contributed by atoms with Crippen LogP contribution in [0, 0.1) is 13.8 Å². The van der Waals surface area contributed by atoms with Crippen molar-refractivity contribution in [2.45, 2.75) is 26.6 Å². The molecule has 0 radical (unpaired) electrons. The van der Waals surface area contributed by atoms with Gasteiger partial charge in [-0.1, -0.05) is 23.2 Å². The third-order valence-electron chi connectivity index (χ3n) is 3.55. The van der Waals surface area contributed by atoms with E-state index in [4.69, 9.17) is 27.9 Å². The predicted octanol–water partition coefficient (Wildman–Crippen LogP) is 4.41. The molecule has 5 nitrogen and oxygen atoms in total. The van der Waals surface area contributed by atoms with Gasteiger partial charge in [-0.2, -0.15) is 13.2 Å². The number of aryl methyl sites for hydroxylation is 1. The first kappa shape index (κ1) is 20.3. The predicted molar refractivity (Wildman–Crippen MR) is 88.8 cm³/mol. The molecule has 0 unspecified atom stereocenters. The zero-order chi connectivity index (χ0) is 19.6. The number of halogens is 5. The minimum Gasteiger partial charge on any atom is -0.453 e. The number of ketones is 1. The zero-order valence-electron chi connectivity index (χ0n) is 13.7. The molecule has 0 N–H and O–H groups in total. The van der Waals surface area contributed by atoms with Crippen LogP contribution < -0.4 is 0 Å². The summed E-state index contributed by atoms with van der Waals surface area (Å²) in [5.41, 5.74) is 0.202. The number of carbonyl (C=O) groups is 2. The van der Waals surface area contributed by atoms with Gasteiger partial charge in [0.15, 0.2) is 12.3 Å². The average molecular weight is 409 g/mol. The second-order valence-electron chi connectivity index (χ2n) is 5.45. The Kier molecular flexibility index (Phi) is 5.98. The molecule has 0 bridgehead atoms. The molecule has 0 atom stereocenters. The Bertz CT molecular complexity index is 863. The summed E-state index contributed by atoms with van der Waals surface area (Å²) in [5, 5.41) is 0.0126. The van der Waals surface area contributed by atoms with Crippen molar-refractivity contribution in [2.75, 3.05) is 6.61 Å². The molecule has 0 aliphatic carbocycles. The smallest absolute Gasteiger partial charge is 0.406 e. The first-order valence-corrected chi connectivity index (χ1v) is 8.01. The summed E-state index contributed by atoms with van der Waals surface area (Å²) in [7, 11) is 0. The number of esters is 1. The van der Waals surface area contributed by atoms with Crippen LogP contribution in [-0.4, -0.2) is 34.1 Å². The lowest BCUT2D eigenvalue weighted by molar-refractivity contribution is -0.141. The first-order valence-electron chi connectivity index (χ1n) is 7.25. The molecule has 26 heavy (non-hydrogen) atoms. The maximum absolute atomic E-state index is 12.6. The Hall–Kier alpha value is -2.06. The first-order chi connectivity index (χ1) is 12.0. The number of nitrogens with zero attached hydrogens (tertiary/aromatic N) is 2. The molecule has 140 valence electrons. The largest absolute Gasteiger partial charge is 0.453 e. The molecule has 0 spiro atoms. The van der Waals surface area contributed by atoms with Crippen LogP contribution in [-0.2, 0) is 11.3 Å². The number of pyridine rings is 1. The highest BCUT2D eigenvalue weighted by Crippen LogP contribution is 2.24. The lowest BCUT2D eigenvalue weighted by atomic mass is 10.1. The number of alkyl halides is 3. The molecular formula is C16H13Cl2F3N2O3. The molecule has 0 amide bonds. The highest BCUT2D eigenvalue weighted by molar-refractivity contribution is 6.34. The molecule has 0 saturated heterocycles. The van der Waals surface area contributed by atoms with Crippen LogP contribution in [0.15, 0.2) is 18.2 Å². The van der Waals surface area contributed by atoms with E-state index in [9.17, 15) is 22.8 Å². The minimum absolute atomic E-state index is 0.00444. The Morgan fingerprint density at radius 2 is 1.88 bits per heavy atom. The molecule has 0 aliphatic rings. The molecule has 2 heterocycles. The second kappa shape index (κ2) is 7.67. The number of hydrogen-bond acceptors (Lipinski definition) is 4. The summed E-state index contributed by atoms with van der Waals surface area (Å²) < 4.78 is 43.7. The van der Waals surface area contributed by atoms with E-state index in [1.54, 1.807) is 0 Å². The summed E-state index contributed by atoms with van der Waals surface area (Å²) in [4.78, 5) is 27.9. The van der Waals surface area contributed by atoms with Crippen molar-refractivity contribution in [3.05, 3.63) is 51.0 Å². The monoisotopic (exact) mass is 408 g/mol. The highest BCUT2D eigenvalue weighted by Gasteiger charge is 2.30. The van der Waals surface area contributed by atoms with Crippen molar-refractivity contribution < 1.29 is 27.5 Å². The fraction of sp³-hybridized carbons (Fsp3) is 0.312. The van der Waals surface area contributed by atoms with Gasteiger partial charge < -0.3 is 9.30 Å². The van der Waals surface area contributed by atoms with E-state index in [-0.39, 0.29) is 32.8 Å². The fourth-order valence-corrected chi connectivity index (χ4v) is 2.67. The summed E-state index contributed by atoms with van der Waals surface area (Å²) in [6.07, 6.45) is -4.42. The fourth-order valence-electron chi connectivity index (χ4n) is 2.34. The van der Waals surface area contributed by atoms with Crippen LogP contribution in [0.1, 0.15) is 32.2 Å². The van der Waals surface area contributed by atoms with Crippen molar-refractivity contribution >= 4 is 35.0 Å². The Morgan fingerprint density at radius 1 is 1.23 bits per heavy atom. The van der Waals surface area contributed by atoms with Gasteiger partial charge in [0.05, 0.1) is 5.02 Å². The van der Waals surface area contributed by atoms with Crippen molar-refractivity contribution in [3.8, 4) is 0 Å². The maximum Gasteiger partial charge on any atom is 0.406 e. The van der Waals surface area contributed by atoms with E-state index in [2.05, 4.69) is 4.98 Å². The number of Topliss-reactive ketones (excluding diaryl/α,β-unsaturated/α-hetero) is 1. The van der Waals surface area contributed by atoms with Gasteiger partial charge in [-0.15, -0.1) is 0 Å². The molecule has 0 aromatic carbocycles. The van der Waals surface area contributed by atoms with Gasteiger partial charge in [0.1, 0.15) is 11.7 Å². The number of rotatable bonds is 5. The van der Waals surface area contributed by atoms with Crippen molar-refractivity contribution in [1.82, 2.24) is 9.55 Å². The van der Waals surface area contributed by atoms with E-state index in [0.29, 0.717) is 0 Å². The molecule has 2 aromatic heterocycles. The third kappa shape index (κ3) is 4.76. The van der Waals surface area contributed by atoms with Crippen LogP contribution in [0.2, 0.25) is 10.2 Å². The number of carbonyl (C=O) groups excluding carboxylic acids is 2. The molecule has 10 heteroatoms. The maximum atomic E-state index is 12.6. The van der Waals surface area contributed by atoms with Gasteiger partial charge in [0.2, 0.25) is 5.78 Å². The van der Waals surface area contributed by atoms with Crippen LogP contribution in [0.5, 0.6) is 0 Å². The molecule has 0 saturated carbocycles. The van der Waals surface area contributed by atoms with E-state index >= 15 is 0 Å². The molecule has 2 aromatic rings. The summed E-state index contributed by atoms with van der Waals surface area (Å²) in [6.45, 7) is 0.972. The van der Waals surface area contributed by atoms with E-state index in [1.165, 1.54) is 32.0 Å².